The number of aromatic nitrogens is 1. The summed E-state index contributed by atoms with van der Waals surface area (Å²) in [6, 6.07) is 3.50. The highest BCUT2D eigenvalue weighted by Gasteiger charge is 2.16. The summed E-state index contributed by atoms with van der Waals surface area (Å²) >= 11 is 1.96. The zero-order valence-electron chi connectivity index (χ0n) is 9.90. The fourth-order valence-electron chi connectivity index (χ4n) is 1.79. The number of nitrogens with zero attached hydrogens (tertiary/aromatic N) is 1. The molecule has 5 heteroatoms. The molecule has 1 fully saturated rings. The Morgan fingerprint density at radius 1 is 1.65 bits per heavy atom. The van der Waals surface area contributed by atoms with Crippen molar-refractivity contribution in [3.63, 3.8) is 0 Å². The minimum Gasteiger partial charge on any atom is -0.373 e. The molecule has 2 heterocycles. The topological polar surface area (TPSA) is 54.0 Å². The number of hydrogen-bond donors (Lipinski definition) is 2. The summed E-state index contributed by atoms with van der Waals surface area (Å²) in [4.78, 5) is 16.0. The van der Waals surface area contributed by atoms with Gasteiger partial charge in [0.1, 0.15) is 5.82 Å². The minimum absolute atomic E-state index is 0.0131. The fraction of sp³-hybridized carbons (Fsp3) is 0.500. The second-order valence-corrected chi connectivity index (χ2v) is 5.27. The molecule has 1 aliphatic heterocycles. The standard InChI is InChI=1S/C12H17N3OS/c1-13-11-6-10(2-4-14-11)12(16)15-7-9-3-5-17-8-9/h2,4,6,9H,3,5,7-8H2,1H3,(H,13,14)(H,15,16). The highest BCUT2D eigenvalue weighted by Crippen LogP contribution is 2.22. The number of amides is 1. The van der Waals surface area contributed by atoms with Crippen LogP contribution >= 0.6 is 11.8 Å². The lowest BCUT2D eigenvalue weighted by atomic mass is 10.1. The van der Waals surface area contributed by atoms with E-state index in [1.807, 2.05) is 11.8 Å². The number of nitrogens with one attached hydrogen (secondary N) is 2. The molecule has 1 atom stereocenters. The predicted molar refractivity (Wildman–Crippen MR) is 71.5 cm³/mol. The number of pyridine rings is 1. The molecule has 4 nitrogen and oxygen atoms in total. The van der Waals surface area contributed by atoms with Crippen molar-refractivity contribution < 1.29 is 4.79 Å². The predicted octanol–water partition coefficient (Wildman–Crippen LogP) is 1.61. The SMILES string of the molecule is CNc1cc(C(=O)NCC2CCSC2)ccn1. The molecule has 1 amide bonds. The Morgan fingerprint density at radius 2 is 2.53 bits per heavy atom. The van der Waals surface area contributed by atoms with E-state index in [-0.39, 0.29) is 5.91 Å². The maximum Gasteiger partial charge on any atom is 0.251 e. The summed E-state index contributed by atoms with van der Waals surface area (Å²) in [6.45, 7) is 0.781. The van der Waals surface area contributed by atoms with E-state index in [4.69, 9.17) is 0 Å². The number of carbonyl (C=O) groups excluding carboxylic acids is 1. The summed E-state index contributed by atoms with van der Waals surface area (Å²) in [7, 11) is 1.79. The molecular formula is C12H17N3OS. The zero-order valence-corrected chi connectivity index (χ0v) is 10.7. The fourth-order valence-corrected chi connectivity index (χ4v) is 3.08. The van der Waals surface area contributed by atoms with Gasteiger partial charge in [-0.2, -0.15) is 11.8 Å². The molecule has 1 saturated heterocycles. The van der Waals surface area contributed by atoms with Crippen LogP contribution in [0.4, 0.5) is 5.82 Å². The monoisotopic (exact) mass is 251 g/mol. The van der Waals surface area contributed by atoms with Gasteiger partial charge in [-0.25, -0.2) is 4.98 Å². The largest absolute Gasteiger partial charge is 0.373 e. The lowest BCUT2D eigenvalue weighted by Gasteiger charge is -2.10. The van der Waals surface area contributed by atoms with Crippen molar-refractivity contribution in [2.24, 2.45) is 5.92 Å². The number of thioether (sulfide) groups is 1. The van der Waals surface area contributed by atoms with Crippen molar-refractivity contribution >= 4 is 23.5 Å². The van der Waals surface area contributed by atoms with Gasteiger partial charge >= 0.3 is 0 Å². The van der Waals surface area contributed by atoms with Gasteiger partial charge in [0.15, 0.2) is 0 Å². The normalized spacial score (nSPS) is 19.0. The first-order chi connectivity index (χ1) is 8.29. The van der Waals surface area contributed by atoms with E-state index in [0.29, 0.717) is 17.3 Å². The Bertz CT molecular complexity index is 391. The maximum atomic E-state index is 11.9. The second-order valence-electron chi connectivity index (χ2n) is 4.12. The molecule has 2 N–H and O–H groups in total. The molecule has 0 aromatic carbocycles. The van der Waals surface area contributed by atoms with Crippen LogP contribution in [0.1, 0.15) is 16.8 Å². The van der Waals surface area contributed by atoms with E-state index in [2.05, 4.69) is 15.6 Å². The lowest BCUT2D eigenvalue weighted by Crippen LogP contribution is -2.29. The van der Waals surface area contributed by atoms with Crippen molar-refractivity contribution in [3.8, 4) is 0 Å². The third-order valence-electron chi connectivity index (χ3n) is 2.85. The minimum atomic E-state index is -0.0131. The first-order valence-electron chi connectivity index (χ1n) is 5.79. The Kier molecular flexibility index (Phi) is 4.25. The Labute approximate surface area is 106 Å². The van der Waals surface area contributed by atoms with Gasteiger partial charge in [-0.15, -0.1) is 0 Å². The van der Waals surface area contributed by atoms with Gasteiger partial charge in [0, 0.05) is 25.4 Å². The molecule has 2 rings (SSSR count). The third kappa shape index (κ3) is 3.36. The average molecular weight is 251 g/mol. The van der Waals surface area contributed by atoms with E-state index >= 15 is 0 Å². The van der Waals surface area contributed by atoms with E-state index in [1.165, 1.54) is 17.9 Å². The molecule has 0 spiro atoms. The molecule has 1 unspecified atom stereocenters. The van der Waals surface area contributed by atoms with Crippen LogP contribution in [0, 0.1) is 5.92 Å². The average Bonchev–Trinajstić information content (AvgIpc) is 2.89. The van der Waals surface area contributed by atoms with Gasteiger partial charge < -0.3 is 10.6 Å². The van der Waals surface area contributed by atoms with Gasteiger partial charge in [-0.05, 0) is 36.0 Å². The molecule has 0 aliphatic carbocycles. The molecular weight excluding hydrogens is 234 g/mol. The van der Waals surface area contributed by atoms with E-state index in [9.17, 15) is 4.79 Å². The van der Waals surface area contributed by atoms with Crippen molar-refractivity contribution in [2.45, 2.75) is 6.42 Å². The van der Waals surface area contributed by atoms with Crippen LogP contribution in [0.15, 0.2) is 18.3 Å². The van der Waals surface area contributed by atoms with Crippen LogP contribution in [0.25, 0.3) is 0 Å². The zero-order chi connectivity index (χ0) is 12.1. The summed E-state index contributed by atoms with van der Waals surface area (Å²) in [6.07, 6.45) is 2.86. The van der Waals surface area contributed by atoms with Crippen molar-refractivity contribution in [1.82, 2.24) is 10.3 Å². The van der Waals surface area contributed by atoms with E-state index < -0.39 is 0 Å². The van der Waals surface area contributed by atoms with Crippen LogP contribution in [-0.2, 0) is 0 Å². The smallest absolute Gasteiger partial charge is 0.251 e. The highest BCUT2D eigenvalue weighted by atomic mass is 32.2. The Hall–Kier alpha value is -1.23. The highest BCUT2D eigenvalue weighted by molar-refractivity contribution is 7.99. The van der Waals surface area contributed by atoms with Crippen LogP contribution in [0.5, 0.6) is 0 Å². The Balaban J connectivity index is 1.89. The quantitative estimate of drug-likeness (QED) is 0.853. The lowest BCUT2D eigenvalue weighted by molar-refractivity contribution is 0.0948. The van der Waals surface area contributed by atoms with Gasteiger partial charge in [0.05, 0.1) is 0 Å². The summed E-state index contributed by atoms with van der Waals surface area (Å²) in [5, 5.41) is 5.91. The van der Waals surface area contributed by atoms with Gasteiger partial charge in [0.25, 0.3) is 5.91 Å². The van der Waals surface area contributed by atoms with Gasteiger partial charge in [-0.1, -0.05) is 0 Å². The molecule has 0 saturated carbocycles. The number of hydrogen-bond acceptors (Lipinski definition) is 4. The molecule has 1 aliphatic rings. The molecule has 0 bridgehead atoms. The van der Waals surface area contributed by atoms with Crippen molar-refractivity contribution in [2.75, 3.05) is 30.4 Å². The third-order valence-corrected chi connectivity index (χ3v) is 4.09. The van der Waals surface area contributed by atoms with Crippen LogP contribution in [-0.4, -0.2) is 36.0 Å². The Morgan fingerprint density at radius 3 is 3.24 bits per heavy atom. The molecule has 0 radical (unpaired) electrons. The molecule has 1 aromatic rings. The van der Waals surface area contributed by atoms with Crippen molar-refractivity contribution in [1.29, 1.82) is 0 Å². The van der Waals surface area contributed by atoms with Crippen LogP contribution in [0.2, 0.25) is 0 Å². The molecule has 92 valence electrons. The summed E-state index contributed by atoms with van der Waals surface area (Å²) < 4.78 is 0. The first kappa shape index (κ1) is 12.2. The maximum absolute atomic E-state index is 11.9. The number of carbonyl (C=O) groups is 1. The first-order valence-corrected chi connectivity index (χ1v) is 6.95. The van der Waals surface area contributed by atoms with Gasteiger partial charge in [0.2, 0.25) is 0 Å². The number of rotatable bonds is 4. The summed E-state index contributed by atoms with van der Waals surface area (Å²) in [5.41, 5.74) is 0.662. The van der Waals surface area contributed by atoms with E-state index in [0.717, 1.165) is 6.54 Å². The van der Waals surface area contributed by atoms with Crippen LogP contribution < -0.4 is 10.6 Å². The van der Waals surface area contributed by atoms with E-state index in [1.54, 1.807) is 25.4 Å². The molecule has 17 heavy (non-hydrogen) atoms. The molecule has 1 aromatic heterocycles. The van der Waals surface area contributed by atoms with Crippen LogP contribution in [0.3, 0.4) is 0 Å². The summed E-state index contributed by atoms with van der Waals surface area (Å²) in [5.74, 6) is 3.72. The number of anilines is 1. The van der Waals surface area contributed by atoms with Gasteiger partial charge in [-0.3, -0.25) is 4.79 Å². The van der Waals surface area contributed by atoms with Crippen molar-refractivity contribution in [3.05, 3.63) is 23.9 Å². The second kappa shape index (κ2) is 5.91.